The van der Waals surface area contributed by atoms with Crippen LogP contribution in [0.25, 0.3) is 0 Å². The first kappa shape index (κ1) is 20.8. The van der Waals surface area contributed by atoms with Gasteiger partial charge in [0.05, 0.1) is 0 Å². The molecule has 1 aromatic carbocycles. The van der Waals surface area contributed by atoms with Crippen LogP contribution in [0.1, 0.15) is 33.3 Å². The van der Waals surface area contributed by atoms with Crippen LogP contribution in [-0.2, 0) is 0 Å². The van der Waals surface area contributed by atoms with E-state index in [-0.39, 0.29) is 0 Å². The molecule has 1 nitrogen and oxygen atoms in total. The Hall–Kier alpha value is -1.54. The molecule has 0 aliphatic heterocycles. The molecule has 1 rings (SSSR count). The number of hydrogen-bond donors (Lipinski definition) is 0. The molecule has 0 aliphatic rings. The normalized spacial score (nSPS) is 10.1. The zero-order valence-corrected chi connectivity index (χ0v) is 14.2. The van der Waals surface area contributed by atoms with E-state index in [1.807, 2.05) is 33.8 Å². The average molecular weight is 289 g/mol. The average Bonchev–Trinajstić information content (AvgIpc) is 2.50. The lowest BCUT2D eigenvalue weighted by Crippen LogP contribution is -1.74. The Morgan fingerprint density at radius 3 is 2.25 bits per heavy atom. The summed E-state index contributed by atoms with van der Waals surface area (Å²) in [5.74, 6) is 0. The number of aliphatic imine (C=N–C) groups is 1. The third-order valence-corrected chi connectivity index (χ3v) is 2.97. The quantitative estimate of drug-likeness (QED) is 0.460. The van der Waals surface area contributed by atoms with Crippen molar-refractivity contribution in [2.75, 3.05) is 0 Å². The van der Waals surface area contributed by atoms with Gasteiger partial charge in [-0.2, -0.15) is 0 Å². The predicted octanol–water partition coefficient (Wildman–Crippen LogP) is 6.42. The summed E-state index contributed by atoms with van der Waals surface area (Å²) in [6.07, 6.45) is 8.90. The molecule has 0 aromatic heterocycles. The van der Waals surface area contributed by atoms with Crippen LogP contribution in [0.5, 0.6) is 0 Å². The van der Waals surface area contributed by atoms with Crippen molar-refractivity contribution in [2.45, 2.75) is 39.5 Å². The first-order valence-electron chi connectivity index (χ1n) is 6.85. The van der Waals surface area contributed by atoms with Crippen molar-refractivity contribution in [1.29, 1.82) is 0 Å². The minimum atomic E-state index is 1.34. The van der Waals surface area contributed by atoms with Gasteiger partial charge in [-0.1, -0.05) is 68.6 Å². The topological polar surface area (TPSA) is 12.4 Å². The van der Waals surface area contributed by atoms with E-state index in [0.29, 0.717) is 0 Å². The van der Waals surface area contributed by atoms with Crippen molar-refractivity contribution in [3.63, 3.8) is 0 Å². The number of hydrogen-bond acceptors (Lipinski definition) is 2. The van der Waals surface area contributed by atoms with E-state index >= 15 is 0 Å². The Labute approximate surface area is 129 Å². The molecular formula is C18H27NS. The highest BCUT2D eigenvalue weighted by Gasteiger charge is 1.92. The summed E-state index contributed by atoms with van der Waals surface area (Å²) < 4.78 is 0. The van der Waals surface area contributed by atoms with Crippen LogP contribution < -0.4 is 0 Å². The van der Waals surface area contributed by atoms with Gasteiger partial charge in [-0.05, 0) is 37.8 Å². The summed E-state index contributed by atoms with van der Waals surface area (Å²) in [5.41, 5.74) is 1.34. The molecule has 0 saturated heterocycles. The summed E-state index contributed by atoms with van der Waals surface area (Å²) in [6.45, 7) is 13.5. The van der Waals surface area contributed by atoms with E-state index < -0.39 is 0 Å². The third kappa shape index (κ3) is 12.9. The second-order valence-electron chi connectivity index (χ2n) is 3.37. The number of nitrogens with zero attached hydrogens (tertiary/aromatic N) is 1. The largest absolute Gasteiger partial charge is 0.265 e. The van der Waals surface area contributed by atoms with Gasteiger partial charge in [0, 0.05) is 17.3 Å². The molecule has 0 saturated carbocycles. The number of thioether (sulfide) groups is 1. The first-order valence-corrected chi connectivity index (χ1v) is 7.73. The Kier molecular flexibility index (Phi) is 18.1. The molecule has 1 aromatic rings. The molecule has 0 heterocycles. The lowest BCUT2D eigenvalue weighted by molar-refractivity contribution is 1.31. The van der Waals surface area contributed by atoms with Crippen molar-refractivity contribution < 1.29 is 0 Å². The van der Waals surface area contributed by atoms with Gasteiger partial charge in [-0.25, -0.2) is 0 Å². The summed E-state index contributed by atoms with van der Waals surface area (Å²) in [7, 11) is 0. The van der Waals surface area contributed by atoms with Crippen molar-refractivity contribution in [3.8, 4) is 0 Å². The zero-order chi connectivity index (χ0) is 15.6. The Morgan fingerprint density at radius 1 is 1.10 bits per heavy atom. The maximum absolute atomic E-state index is 3.78. The van der Waals surface area contributed by atoms with Crippen molar-refractivity contribution in [3.05, 3.63) is 66.2 Å². The molecule has 0 spiro atoms. The molecular weight excluding hydrogens is 262 g/mol. The van der Waals surface area contributed by atoms with Crippen LogP contribution in [0.3, 0.4) is 0 Å². The van der Waals surface area contributed by atoms with Crippen molar-refractivity contribution in [1.82, 2.24) is 0 Å². The van der Waals surface area contributed by atoms with Crippen LogP contribution in [0.4, 0.5) is 0 Å². The van der Waals surface area contributed by atoms with Gasteiger partial charge >= 0.3 is 0 Å². The SMILES string of the molecule is C/C=C\Sc1ccccc1C.C=CC=N/C=C\C.CC. The minimum Gasteiger partial charge on any atom is -0.265 e. The number of rotatable bonds is 4. The zero-order valence-electron chi connectivity index (χ0n) is 13.3. The Morgan fingerprint density at radius 2 is 1.75 bits per heavy atom. The highest BCUT2D eigenvalue weighted by Crippen LogP contribution is 2.22. The van der Waals surface area contributed by atoms with Crippen molar-refractivity contribution in [2.24, 2.45) is 4.99 Å². The summed E-state index contributed by atoms with van der Waals surface area (Å²) in [5, 5.41) is 2.10. The highest BCUT2D eigenvalue weighted by atomic mass is 32.2. The molecule has 0 N–H and O–H groups in total. The molecule has 0 bridgehead atoms. The molecule has 0 aliphatic carbocycles. The van der Waals surface area contributed by atoms with Crippen LogP contribution in [0, 0.1) is 6.92 Å². The van der Waals surface area contributed by atoms with Crippen LogP contribution in [0.2, 0.25) is 0 Å². The predicted molar refractivity (Wildman–Crippen MR) is 96.7 cm³/mol. The fourth-order valence-electron chi connectivity index (χ4n) is 1.03. The molecule has 0 atom stereocenters. The maximum Gasteiger partial charge on any atom is 0.0261 e. The summed E-state index contributed by atoms with van der Waals surface area (Å²) in [6, 6.07) is 8.40. The number of allylic oxidation sites excluding steroid dienone is 3. The van der Waals surface area contributed by atoms with Gasteiger partial charge in [-0.15, -0.1) is 0 Å². The number of aryl methyl sites for hydroxylation is 1. The molecule has 20 heavy (non-hydrogen) atoms. The van der Waals surface area contributed by atoms with E-state index in [1.165, 1.54) is 10.5 Å². The first-order chi connectivity index (χ1) is 9.76. The van der Waals surface area contributed by atoms with Crippen molar-refractivity contribution >= 4 is 18.0 Å². The van der Waals surface area contributed by atoms with Gasteiger partial charge in [0.25, 0.3) is 0 Å². The third-order valence-electron chi connectivity index (χ3n) is 1.85. The number of benzene rings is 1. The lowest BCUT2D eigenvalue weighted by atomic mass is 10.2. The van der Waals surface area contributed by atoms with Gasteiger partial charge in [0.15, 0.2) is 0 Å². The Bertz CT molecular complexity index is 417. The standard InChI is InChI=1S/C10H12S.C6H9N.C2H6/c1-3-8-11-10-7-5-4-6-9(10)2;1-3-5-7-6-4-2;1-2/h3-8H,1-2H3;3-6H,1H2,2H3;1-2H3/b8-3-;6-4-,7-5?;. The fraction of sp³-hybridized carbons (Fsp3) is 0.278. The molecule has 0 amide bonds. The smallest absolute Gasteiger partial charge is 0.0261 e. The second-order valence-corrected chi connectivity index (χ2v) is 4.32. The highest BCUT2D eigenvalue weighted by molar-refractivity contribution is 8.02. The monoisotopic (exact) mass is 289 g/mol. The Balaban J connectivity index is 0. The van der Waals surface area contributed by atoms with Gasteiger partial charge in [-0.3, -0.25) is 4.99 Å². The van der Waals surface area contributed by atoms with Crippen LogP contribution in [-0.4, -0.2) is 6.21 Å². The lowest BCUT2D eigenvalue weighted by Gasteiger charge is -1.99. The molecule has 0 fully saturated rings. The van der Waals surface area contributed by atoms with E-state index in [2.05, 4.69) is 54.2 Å². The molecule has 2 heteroatoms. The van der Waals surface area contributed by atoms with Gasteiger partial charge in [0.1, 0.15) is 0 Å². The van der Waals surface area contributed by atoms with Gasteiger partial charge < -0.3 is 0 Å². The second kappa shape index (κ2) is 17.5. The maximum atomic E-state index is 3.78. The summed E-state index contributed by atoms with van der Waals surface area (Å²) >= 11 is 1.77. The molecule has 110 valence electrons. The minimum absolute atomic E-state index is 1.34. The van der Waals surface area contributed by atoms with E-state index in [4.69, 9.17) is 0 Å². The van der Waals surface area contributed by atoms with E-state index in [9.17, 15) is 0 Å². The molecule has 0 unspecified atom stereocenters. The van der Waals surface area contributed by atoms with E-state index in [1.54, 1.807) is 30.3 Å². The van der Waals surface area contributed by atoms with Gasteiger partial charge in [0.2, 0.25) is 0 Å². The van der Waals surface area contributed by atoms with Crippen LogP contribution in [0.15, 0.2) is 70.6 Å². The fourth-order valence-corrected chi connectivity index (χ4v) is 1.72. The van der Waals surface area contributed by atoms with Crippen LogP contribution >= 0.6 is 11.8 Å². The summed E-state index contributed by atoms with van der Waals surface area (Å²) in [4.78, 5) is 5.12. The molecule has 0 radical (unpaired) electrons. The van der Waals surface area contributed by atoms with E-state index in [0.717, 1.165) is 0 Å².